The number of nitrogens with zero attached hydrogens (tertiary/aromatic N) is 4. The maximum absolute atomic E-state index is 11.8. The number of anilines is 1. The Hall–Kier alpha value is -2.37. The number of rotatable bonds is 2. The van der Waals surface area contributed by atoms with Gasteiger partial charge in [-0.15, -0.1) is 10.2 Å². The molecule has 15 heavy (non-hydrogen) atoms. The predicted molar refractivity (Wildman–Crippen MR) is 51.9 cm³/mol. The summed E-state index contributed by atoms with van der Waals surface area (Å²) in [5.41, 5.74) is 6.08. The van der Waals surface area contributed by atoms with Crippen molar-refractivity contribution >= 4 is 11.6 Å². The number of carbonyl (C=O) groups is 1. The van der Waals surface area contributed by atoms with Crippen LogP contribution in [-0.2, 0) is 0 Å². The van der Waals surface area contributed by atoms with E-state index in [4.69, 9.17) is 5.73 Å². The molecule has 0 unspecified atom stereocenters. The van der Waals surface area contributed by atoms with Gasteiger partial charge in [0.05, 0.1) is 11.8 Å². The van der Waals surface area contributed by atoms with Crippen molar-refractivity contribution in [3.63, 3.8) is 0 Å². The Morgan fingerprint density at radius 2 is 2.13 bits per heavy atom. The highest BCUT2D eigenvalue weighted by atomic mass is 16.1. The molecular weight excluding hydrogens is 194 g/mol. The number of aromatic nitrogens is 4. The SMILES string of the molecule is Nc1ncccc1C(=O)c1ccnnn1. The molecule has 6 nitrogen and oxygen atoms in total. The summed E-state index contributed by atoms with van der Waals surface area (Å²) in [5, 5.41) is 10.5. The first-order valence-electron chi connectivity index (χ1n) is 4.18. The van der Waals surface area contributed by atoms with Crippen LogP contribution in [-0.4, -0.2) is 26.2 Å². The Bertz CT molecular complexity index is 485. The lowest BCUT2D eigenvalue weighted by Gasteiger charge is -2.00. The summed E-state index contributed by atoms with van der Waals surface area (Å²) < 4.78 is 0. The zero-order valence-corrected chi connectivity index (χ0v) is 7.66. The molecule has 2 heterocycles. The normalized spacial score (nSPS) is 9.87. The van der Waals surface area contributed by atoms with Gasteiger partial charge in [-0.3, -0.25) is 4.79 Å². The van der Waals surface area contributed by atoms with Gasteiger partial charge in [0.25, 0.3) is 0 Å². The molecule has 0 aromatic carbocycles. The van der Waals surface area contributed by atoms with Crippen molar-refractivity contribution in [2.24, 2.45) is 0 Å². The predicted octanol–water partition coefficient (Wildman–Crippen LogP) is 0.0798. The van der Waals surface area contributed by atoms with Crippen LogP contribution in [0.15, 0.2) is 30.6 Å². The van der Waals surface area contributed by atoms with Crippen molar-refractivity contribution in [3.8, 4) is 0 Å². The van der Waals surface area contributed by atoms with Gasteiger partial charge < -0.3 is 5.73 Å². The summed E-state index contributed by atoms with van der Waals surface area (Å²) >= 11 is 0. The van der Waals surface area contributed by atoms with Crippen molar-refractivity contribution < 1.29 is 4.79 Å². The molecule has 0 saturated heterocycles. The van der Waals surface area contributed by atoms with E-state index in [0.717, 1.165) is 0 Å². The fraction of sp³-hybridized carbons (Fsp3) is 0. The molecule has 2 N–H and O–H groups in total. The lowest BCUT2D eigenvalue weighted by molar-refractivity contribution is 0.103. The molecule has 0 spiro atoms. The van der Waals surface area contributed by atoms with Crippen LogP contribution in [0.1, 0.15) is 16.1 Å². The van der Waals surface area contributed by atoms with Crippen LogP contribution in [0.4, 0.5) is 5.82 Å². The monoisotopic (exact) mass is 201 g/mol. The number of hydrogen-bond acceptors (Lipinski definition) is 6. The topological polar surface area (TPSA) is 94.7 Å². The van der Waals surface area contributed by atoms with Gasteiger partial charge in [0.2, 0.25) is 5.78 Å². The Balaban J connectivity index is 2.42. The Kier molecular flexibility index (Phi) is 2.32. The molecule has 0 bridgehead atoms. The third-order valence-electron chi connectivity index (χ3n) is 1.82. The van der Waals surface area contributed by atoms with Crippen molar-refractivity contribution in [3.05, 3.63) is 41.9 Å². The number of nitrogens with two attached hydrogens (primary N) is 1. The van der Waals surface area contributed by atoms with Crippen molar-refractivity contribution in [1.29, 1.82) is 0 Å². The van der Waals surface area contributed by atoms with Crippen molar-refractivity contribution in [2.75, 3.05) is 5.73 Å². The smallest absolute Gasteiger partial charge is 0.217 e. The summed E-state index contributed by atoms with van der Waals surface area (Å²) in [6.07, 6.45) is 2.91. The molecule has 2 aromatic heterocycles. The molecule has 74 valence electrons. The minimum atomic E-state index is -0.310. The summed E-state index contributed by atoms with van der Waals surface area (Å²) in [7, 11) is 0. The van der Waals surface area contributed by atoms with E-state index >= 15 is 0 Å². The van der Waals surface area contributed by atoms with E-state index in [-0.39, 0.29) is 17.3 Å². The molecular formula is C9H7N5O. The average Bonchev–Trinajstić information content (AvgIpc) is 2.30. The van der Waals surface area contributed by atoms with Crippen LogP contribution < -0.4 is 5.73 Å². The molecule has 0 aliphatic rings. The van der Waals surface area contributed by atoms with Gasteiger partial charge >= 0.3 is 0 Å². The van der Waals surface area contributed by atoms with Gasteiger partial charge in [-0.25, -0.2) is 4.98 Å². The molecule has 0 fully saturated rings. The van der Waals surface area contributed by atoms with Crippen LogP contribution in [0.25, 0.3) is 0 Å². The minimum absolute atomic E-state index is 0.182. The first kappa shape index (κ1) is 9.20. The lowest BCUT2D eigenvalue weighted by atomic mass is 10.1. The Labute approximate surface area is 85.2 Å². The van der Waals surface area contributed by atoms with E-state index in [1.807, 2.05) is 0 Å². The average molecular weight is 201 g/mol. The second-order valence-corrected chi connectivity index (χ2v) is 2.77. The molecule has 0 saturated carbocycles. The minimum Gasteiger partial charge on any atom is -0.383 e. The van der Waals surface area contributed by atoms with E-state index in [9.17, 15) is 4.79 Å². The molecule has 6 heteroatoms. The highest BCUT2D eigenvalue weighted by Crippen LogP contribution is 2.11. The zero-order chi connectivity index (χ0) is 10.7. The first-order valence-corrected chi connectivity index (χ1v) is 4.18. The number of hydrogen-bond donors (Lipinski definition) is 1. The van der Waals surface area contributed by atoms with Crippen LogP contribution in [0, 0.1) is 0 Å². The fourth-order valence-corrected chi connectivity index (χ4v) is 1.11. The maximum atomic E-state index is 11.8. The summed E-state index contributed by atoms with van der Waals surface area (Å²) in [6, 6.07) is 4.70. The number of nitrogen functional groups attached to an aromatic ring is 1. The Morgan fingerprint density at radius 1 is 1.27 bits per heavy atom. The largest absolute Gasteiger partial charge is 0.383 e. The quantitative estimate of drug-likeness (QED) is 0.691. The van der Waals surface area contributed by atoms with E-state index in [0.29, 0.717) is 5.56 Å². The summed E-state index contributed by atoms with van der Waals surface area (Å²) in [6.45, 7) is 0. The van der Waals surface area contributed by atoms with E-state index in [1.54, 1.807) is 12.1 Å². The number of carbonyl (C=O) groups excluding carboxylic acids is 1. The fourth-order valence-electron chi connectivity index (χ4n) is 1.11. The second kappa shape index (κ2) is 3.79. The van der Waals surface area contributed by atoms with Crippen molar-refractivity contribution in [2.45, 2.75) is 0 Å². The van der Waals surface area contributed by atoms with Gasteiger partial charge in [0.1, 0.15) is 11.5 Å². The van der Waals surface area contributed by atoms with Crippen LogP contribution in [0.2, 0.25) is 0 Å². The highest BCUT2D eigenvalue weighted by Gasteiger charge is 2.13. The summed E-state index contributed by atoms with van der Waals surface area (Å²) in [4.78, 5) is 15.6. The van der Waals surface area contributed by atoms with Crippen LogP contribution in [0.3, 0.4) is 0 Å². The van der Waals surface area contributed by atoms with Gasteiger partial charge in [-0.2, -0.15) is 0 Å². The summed E-state index contributed by atoms with van der Waals surface area (Å²) in [5.74, 6) is -0.128. The highest BCUT2D eigenvalue weighted by molar-refractivity contribution is 6.10. The molecule has 0 atom stereocenters. The molecule has 0 amide bonds. The number of pyridine rings is 1. The molecule has 2 rings (SSSR count). The lowest BCUT2D eigenvalue weighted by Crippen LogP contribution is -2.09. The van der Waals surface area contributed by atoms with Crippen LogP contribution >= 0.6 is 0 Å². The molecule has 2 aromatic rings. The Morgan fingerprint density at radius 3 is 2.80 bits per heavy atom. The van der Waals surface area contributed by atoms with Gasteiger partial charge in [-0.05, 0) is 23.4 Å². The van der Waals surface area contributed by atoms with E-state index in [2.05, 4.69) is 20.4 Å². The van der Waals surface area contributed by atoms with Crippen LogP contribution in [0.5, 0.6) is 0 Å². The number of ketones is 1. The standard InChI is InChI=1S/C9H7N5O/c10-9-6(2-1-4-11-9)8(15)7-3-5-12-14-13-7/h1-5H,(H2,10,11). The van der Waals surface area contributed by atoms with E-state index in [1.165, 1.54) is 18.5 Å². The molecule has 0 aliphatic carbocycles. The molecule has 0 aliphatic heterocycles. The van der Waals surface area contributed by atoms with Gasteiger partial charge in [0, 0.05) is 6.20 Å². The van der Waals surface area contributed by atoms with Crippen molar-refractivity contribution in [1.82, 2.24) is 20.4 Å². The first-order chi connectivity index (χ1) is 7.29. The second-order valence-electron chi connectivity index (χ2n) is 2.77. The zero-order valence-electron chi connectivity index (χ0n) is 7.66. The van der Waals surface area contributed by atoms with E-state index < -0.39 is 0 Å². The van der Waals surface area contributed by atoms with Gasteiger partial charge in [0.15, 0.2) is 0 Å². The maximum Gasteiger partial charge on any atom is 0.217 e. The van der Waals surface area contributed by atoms with Gasteiger partial charge in [-0.1, -0.05) is 0 Å². The third-order valence-corrected chi connectivity index (χ3v) is 1.82. The third kappa shape index (κ3) is 1.78. The molecule has 0 radical (unpaired) electrons.